The van der Waals surface area contributed by atoms with Crippen molar-refractivity contribution >= 4 is 5.97 Å². The molecule has 116 valence electrons. The van der Waals surface area contributed by atoms with E-state index < -0.39 is 5.97 Å². The Labute approximate surface area is 131 Å². The summed E-state index contributed by atoms with van der Waals surface area (Å²) in [5, 5.41) is 8.95. The average Bonchev–Trinajstić information content (AvgIpc) is 2.49. The monoisotopic (exact) mass is 298 g/mol. The molecule has 0 heterocycles. The Hall–Kier alpha value is -2.29. The van der Waals surface area contributed by atoms with Crippen LogP contribution >= 0.6 is 0 Å². The van der Waals surface area contributed by atoms with Crippen LogP contribution in [0.1, 0.15) is 35.3 Å². The fourth-order valence-electron chi connectivity index (χ4n) is 2.32. The van der Waals surface area contributed by atoms with Crippen molar-refractivity contribution in [2.75, 3.05) is 6.61 Å². The van der Waals surface area contributed by atoms with Crippen LogP contribution < -0.4 is 4.74 Å². The van der Waals surface area contributed by atoms with Crippen LogP contribution in [0.15, 0.2) is 48.5 Å². The van der Waals surface area contributed by atoms with Gasteiger partial charge in [-0.3, -0.25) is 0 Å². The number of hydrogen-bond acceptors (Lipinski definition) is 2. The molecule has 22 heavy (non-hydrogen) atoms. The Balaban J connectivity index is 1.85. The Morgan fingerprint density at radius 2 is 1.77 bits per heavy atom. The normalized spacial score (nSPS) is 10.7. The van der Waals surface area contributed by atoms with Crippen LogP contribution in [0.4, 0.5) is 0 Å². The van der Waals surface area contributed by atoms with Crippen molar-refractivity contribution in [2.24, 2.45) is 5.92 Å². The lowest BCUT2D eigenvalue weighted by Gasteiger charge is -2.08. The lowest BCUT2D eigenvalue weighted by atomic mass is 10.0. The SMILES string of the molecule is CC(C)Cc1ccc(CCOc2cccc(C(=O)O)c2)cc1. The number of hydrogen-bond donors (Lipinski definition) is 1. The minimum absolute atomic E-state index is 0.246. The highest BCUT2D eigenvalue weighted by Crippen LogP contribution is 2.14. The molecule has 3 heteroatoms. The van der Waals surface area contributed by atoms with Crippen molar-refractivity contribution in [3.63, 3.8) is 0 Å². The minimum atomic E-state index is -0.939. The summed E-state index contributed by atoms with van der Waals surface area (Å²) in [5.74, 6) is 0.318. The first-order chi connectivity index (χ1) is 10.5. The molecule has 0 aromatic heterocycles. The van der Waals surface area contributed by atoms with E-state index in [4.69, 9.17) is 9.84 Å². The van der Waals surface area contributed by atoms with E-state index in [0.29, 0.717) is 18.3 Å². The van der Waals surface area contributed by atoms with Crippen LogP contribution in [0.5, 0.6) is 5.75 Å². The summed E-state index contributed by atoms with van der Waals surface area (Å²) in [4.78, 5) is 10.9. The summed E-state index contributed by atoms with van der Waals surface area (Å²) < 4.78 is 5.63. The van der Waals surface area contributed by atoms with Gasteiger partial charge in [-0.25, -0.2) is 4.79 Å². The second kappa shape index (κ2) is 7.64. The smallest absolute Gasteiger partial charge is 0.335 e. The lowest BCUT2D eigenvalue weighted by Crippen LogP contribution is -2.03. The summed E-state index contributed by atoms with van der Waals surface area (Å²) in [6.07, 6.45) is 1.90. The average molecular weight is 298 g/mol. The molecule has 0 fully saturated rings. The number of carboxylic acids is 1. The molecule has 0 bridgehead atoms. The molecule has 0 aliphatic carbocycles. The van der Waals surface area contributed by atoms with Crippen LogP contribution in [-0.2, 0) is 12.8 Å². The van der Waals surface area contributed by atoms with Gasteiger partial charge in [0.2, 0.25) is 0 Å². The Bertz CT molecular complexity index is 615. The van der Waals surface area contributed by atoms with E-state index >= 15 is 0 Å². The molecule has 0 aliphatic rings. The molecule has 3 nitrogen and oxygen atoms in total. The molecule has 0 saturated carbocycles. The molecule has 2 aromatic rings. The zero-order valence-corrected chi connectivity index (χ0v) is 13.1. The number of carbonyl (C=O) groups is 1. The third-order valence-corrected chi connectivity index (χ3v) is 3.41. The summed E-state index contributed by atoms with van der Waals surface area (Å²) in [6.45, 7) is 4.96. The van der Waals surface area contributed by atoms with Crippen molar-refractivity contribution in [2.45, 2.75) is 26.7 Å². The summed E-state index contributed by atoms with van der Waals surface area (Å²) in [5.41, 5.74) is 2.83. The van der Waals surface area contributed by atoms with Gasteiger partial charge in [-0.1, -0.05) is 44.2 Å². The second-order valence-corrected chi connectivity index (χ2v) is 5.85. The van der Waals surface area contributed by atoms with E-state index in [2.05, 4.69) is 38.1 Å². The molecule has 0 aliphatic heterocycles. The molecular weight excluding hydrogens is 276 g/mol. The standard InChI is InChI=1S/C19H22O3/c1-14(2)12-16-8-6-15(7-9-16)10-11-22-18-5-3-4-17(13-18)19(20)21/h3-9,13-14H,10-12H2,1-2H3,(H,20,21). The van der Waals surface area contributed by atoms with Crippen molar-refractivity contribution in [1.82, 2.24) is 0 Å². The van der Waals surface area contributed by atoms with Crippen molar-refractivity contribution in [3.05, 3.63) is 65.2 Å². The Morgan fingerprint density at radius 3 is 2.41 bits per heavy atom. The maximum absolute atomic E-state index is 10.9. The number of aromatic carboxylic acids is 1. The third kappa shape index (κ3) is 4.92. The van der Waals surface area contributed by atoms with E-state index in [9.17, 15) is 4.79 Å². The second-order valence-electron chi connectivity index (χ2n) is 5.85. The van der Waals surface area contributed by atoms with Gasteiger partial charge in [0.05, 0.1) is 12.2 Å². The highest BCUT2D eigenvalue weighted by molar-refractivity contribution is 5.87. The topological polar surface area (TPSA) is 46.5 Å². The van der Waals surface area contributed by atoms with Crippen LogP contribution in [0.25, 0.3) is 0 Å². The van der Waals surface area contributed by atoms with E-state index in [0.717, 1.165) is 12.8 Å². The van der Waals surface area contributed by atoms with E-state index in [1.807, 2.05) is 0 Å². The number of benzene rings is 2. The van der Waals surface area contributed by atoms with Crippen LogP contribution in [-0.4, -0.2) is 17.7 Å². The first kappa shape index (κ1) is 16.1. The van der Waals surface area contributed by atoms with Crippen LogP contribution in [0.3, 0.4) is 0 Å². The summed E-state index contributed by atoms with van der Waals surface area (Å²) >= 11 is 0. The molecule has 2 aromatic carbocycles. The van der Waals surface area contributed by atoms with Gasteiger partial charge in [-0.05, 0) is 41.7 Å². The molecule has 0 saturated heterocycles. The molecule has 0 atom stereocenters. The Kier molecular flexibility index (Phi) is 5.59. The number of carboxylic acid groups (broad SMARTS) is 1. The molecule has 0 spiro atoms. The van der Waals surface area contributed by atoms with Crippen LogP contribution in [0, 0.1) is 5.92 Å². The molecule has 0 amide bonds. The van der Waals surface area contributed by atoms with E-state index in [1.165, 1.54) is 11.1 Å². The van der Waals surface area contributed by atoms with Gasteiger partial charge in [0, 0.05) is 6.42 Å². The molecule has 0 radical (unpaired) electrons. The van der Waals surface area contributed by atoms with Gasteiger partial charge < -0.3 is 9.84 Å². The predicted octanol–water partition coefficient (Wildman–Crippen LogP) is 4.20. The summed E-state index contributed by atoms with van der Waals surface area (Å²) in [6, 6.07) is 15.2. The van der Waals surface area contributed by atoms with E-state index in [-0.39, 0.29) is 5.56 Å². The number of rotatable bonds is 7. The zero-order valence-electron chi connectivity index (χ0n) is 13.1. The van der Waals surface area contributed by atoms with E-state index in [1.54, 1.807) is 24.3 Å². The van der Waals surface area contributed by atoms with Crippen molar-refractivity contribution < 1.29 is 14.6 Å². The first-order valence-electron chi connectivity index (χ1n) is 7.58. The largest absolute Gasteiger partial charge is 0.493 e. The zero-order chi connectivity index (χ0) is 15.9. The lowest BCUT2D eigenvalue weighted by molar-refractivity contribution is 0.0696. The van der Waals surface area contributed by atoms with Crippen LogP contribution in [0.2, 0.25) is 0 Å². The third-order valence-electron chi connectivity index (χ3n) is 3.41. The predicted molar refractivity (Wildman–Crippen MR) is 87.6 cm³/mol. The van der Waals surface area contributed by atoms with Gasteiger partial charge in [0.1, 0.15) is 5.75 Å². The van der Waals surface area contributed by atoms with Gasteiger partial charge in [-0.15, -0.1) is 0 Å². The van der Waals surface area contributed by atoms with Gasteiger partial charge in [0.25, 0.3) is 0 Å². The molecule has 1 N–H and O–H groups in total. The van der Waals surface area contributed by atoms with Gasteiger partial charge in [0.15, 0.2) is 0 Å². The highest BCUT2D eigenvalue weighted by Gasteiger charge is 2.04. The quantitative estimate of drug-likeness (QED) is 0.833. The molecule has 0 unspecified atom stereocenters. The first-order valence-corrected chi connectivity index (χ1v) is 7.58. The molecular formula is C19H22O3. The van der Waals surface area contributed by atoms with Gasteiger partial charge >= 0.3 is 5.97 Å². The number of ether oxygens (including phenoxy) is 1. The van der Waals surface area contributed by atoms with Crippen molar-refractivity contribution in [3.8, 4) is 5.75 Å². The highest BCUT2D eigenvalue weighted by atomic mass is 16.5. The fraction of sp³-hybridized carbons (Fsp3) is 0.316. The van der Waals surface area contributed by atoms with Gasteiger partial charge in [-0.2, -0.15) is 0 Å². The van der Waals surface area contributed by atoms with Crippen molar-refractivity contribution in [1.29, 1.82) is 0 Å². The maximum atomic E-state index is 10.9. The Morgan fingerprint density at radius 1 is 1.09 bits per heavy atom. The minimum Gasteiger partial charge on any atom is -0.493 e. The molecule has 2 rings (SSSR count). The fourth-order valence-corrected chi connectivity index (χ4v) is 2.32. The summed E-state index contributed by atoms with van der Waals surface area (Å²) in [7, 11) is 0. The maximum Gasteiger partial charge on any atom is 0.335 e.